The lowest BCUT2D eigenvalue weighted by Crippen LogP contribution is -2.59. The maximum absolute atomic E-state index is 11.5. The molecule has 0 aromatic rings. The van der Waals surface area contributed by atoms with Crippen LogP contribution in [0, 0.1) is 5.92 Å². The van der Waals surface area contributed by atoms with E-state index in [9.17, 15) is 9.59 Å². The van der Waals surface area contributed by atoms with E-state index in [-0.39, 0.29) is 30.3 Å². The molecule has 2 aliphatic heterocycles. The van der Waals surface area contributed by atoms with E-state index >= 15 is 0 Å². The average molecular weight is 198 g/mol. The number of rotatable bonds is 1. The summed E-state index contributed by atoms with van der Waals surface area (Å²) in [5.74, 6) is 0.0746. The fourth-order valence-corrected chi connectivity index (χ4v) is 1.95. The Bertz CT molecular complexity index is 248. The quantitative estimate of drug-likeness (QED) is 0.569. The first-order valence-electron chi connectivity index (χ1n) is 4.92. The third-order valence-corrected chi connectivity index (χ3v) is 2.76. The molecule has 5 heteroatoms. The van der Waals surface area contributed by atoms with Crippen LogP contribution in [0.5, 0.6) is 0 Å². The molecule has 5 nitrogen and oxygen atoms in total. The number of hydrogen-bond acceptors (Lipinski definition) is 3. The molecule has 1 unspecified atom stereocenters. The summed E-state index contributed by atoms with van der Waals surface area (Å²) in [6.45, 7) is 1.48. The second kappa shape index (κ2) is 3.96. The van der Waals surface area contributed by atoms with Crippen LogP contribution < -0.4 is 10.6 Å². The van der Waals surface area contributed by atoms with Crippen LogP contribution in [-0.2, 0) is 14.3 Å². The molecule has 0 saturated carbocycles. The predicted molar refractivity (Wildman–Crippen MR) is 48.5 cm³/mol. The first-order valence-corrected chi connectivity index (χ1v) is 4.92. The molecule has 2 amide bonds. The van der Waals surface area contributed by atoms with Crippen LogP contribution in [0.15, 0.2) is 0 Å². The molecule has 0 aromatic carbocycles. The highest BCUT2D eigenvalue weighted by Gasteiger charge is 2.33. The molecule has 2 aliphatic rings. The van der Waals surface area contributed by atoms with Gasteiger partial charge in [0.05, 0.1) is 6.54 Å². The molecule has 2 rings (SSSR count). The van der Waals surface area contributed by atoms with Crippen LogP contribution >= 0.6 is 0 Å². The average Bonchev–Trinajstić information content (AvgIpc) is 2.23. The van der Waals surface area contributed by atoms with Crippen molar-refractivity contribution in [2.24, 2.45) is 5.92 Å². The Morgan fingerprint density at radius 1 is 1.21 bits per heavy atom. The van der Waals surface area contributed by atoms with E-state index in [0.717, 1.165) is 12.8 Å². The van der Waals surface area contributed by atoms with Crippen LogP contribution in [-0.4, -0.2) is 37.6 Å². The van der Waals surface area contributed by atoms with Gasteiger partial charge in [0.1, 0.15) is 6.04 Å². The number of ether oxygens (including phenoxy) is 1. The van der Waals surface area contributed by atoms with Gasteiger partial charge in [0, 0.05) is 13.2 Å². The summed E-state index contributed by atoms with van der Waals surface area (Å²) in [6.07, 6.45) is 1.69. The number of nitrogens with one attached hydrogen (secondary N) is 2. The van der Waals surface area contributed by atoms with Crippen molar-refractivity contribution in [3.63, 3.8) is 0 Å². The Morgan fingerprint density at radius 3 is 2.64 bits per heavy atom. The lowest BCUT2D eigenvalue weighted by molar-refractivity contribution is -0.136. The smallest absolute Gasteiger partial charge is 0.243 e. The molecular weight excluding hydrogens is 184 g/mol. The Morgan fingerprint density at radius 2 is 1.93 bits per heavy atom. The lowest BCUT2D eigenvalue weighted by atomic mass is 9.90. The minimum atomic E-state index is -0.347. The third kappa shape index (κ3) is 1.87. The first kappa shape index (κ1) is 9.45. The van der Waals surface area contributed by atoms with Crippen molar-refractivity contribution in [1.82, 2.24) is 10.6 Å². The van der Waals surface area contributed by atoms with Crippen LogP contribution in [0.4, 0.5) is 0 Å². The fourth-order valence-electron chi connectivity index (χ4n) is 1.95. The maximum atomic E-state index is 11.5. The van der Waals surface area contributed by atoms with Crippen molar-refractivity contribution >= 4 is 11.8 Å². The van der Waals surface area contributed by atoms with E-state index in [1.165, 1.54) is 0 Å². The molecule has 14 heavy (non-hydrogen) atoms. The highest BCUT2D eigenvalue weighted by molar-refractivity contribution is 5.94. The monoisotopic (exact) mass is 198 g/mol. The van der Waals surface area contributed by atoms with Crippen molar-refractivity contribution in [2.45, 2.75) is 18.9 Å². The van der Waals surface area contributed by atoms with Gasteiger partial charge in [0.2, 0.25) is 11.8 Å². The first-order chi connectivity index (χ1) is 6.77. The summed E-state index contributed by atoms with van der Waals surface area (Å²) < 4.78 is 5.21. The number of carbonyl (C=O) groups excluding carboxylic acids is 2. The van der Waals surface area contributed by atoms with Crippen molar-refractivity contribution in [1.29, 1.82) is 0 Å². The summed E-state index contributed by atoms with van der Waals surface area (Å²) in [6, 6.07) is -0.347. The van der Waals surface area contributed by atoms with E-state index < -0.39 is 0 Å². The second-order valence-electron chi connectivity index (χ2n) is 3.71. The van der Waals surface area contributed by atoms with Crippen LogP contribution in [0.3, 0.4) is 0 Å². The minimum Gasteiger partial charge on any atom is -0.381 e. The summed E-state index contributed by atoms with van der Waals surface area (Å²) in [7, 11) is 0. The number of carbonyl (C=O) groups is 2. The molecule has 2 N–H and O–H groups in total. The van der Waals surface area contributed by atoms with E-state index in [1.807, 2.05) is 0 Å². The SMILES string of the molecule is O=C1CNC(=O)C(C2CCOCC2)N1. The van der Waals surface area contributed by atoms with Gasteiger partial charge >= 0.3 is 0 Å². The van der Waals surface area contributed by atoms with E-state index in [4.69, 9.17) is 4.74 Å². The fraction of sp³-hybridized carbons (Fsp3) is 0.778. The van der Waals surface area contributed by atoms with Gasteiger partial charge in [0.15, 0.2) is 0 Å². The molecule has 78 valence electrons. The summed E-state index contributed by atoms with van der Waals surface area (Å²) >= 11 is 0. The lowest BCUT2D eigenvalue weighted by Gasteiger charge is -2.32. The standard InChI is InChI=1S/C9H14N2O3/c12-7-5-10-9(13)8(11-7)6-1-3-14-4-2-6/h6,8H,1-5H2,(H,10,13)(H,11,12). The molecule has 0 radical (unpaired) electrons. The topological polar surface area (TPSA) is 67.4 Å². The van der Waals surface area contributed by atoms with Gasteiger partial charge in [-0.2, -0.15) is 0 Å². The summed E-state index contributed by atoms with van der Waals surface area (Å²) in [5.41, 5.74) is 0. The Kier molecular flexibility index (Phi) is 2.67. The van der Waals surface area contributed by atoms with Gasteiger partial charge in [-0.15, -0.1) is 0 Å². The maximum Gasteiger partial charge on any atom is 0.243 e. The van der Waals surface area contributed by atoms with Gasteiger partial charge in [-0.25, -0.2) is 0 Å². The molecule has 0 aliphatic carbocycles. The summed E-state index contributed by atoms with van der Waals surface area (Å²) in [5, 5.41) is 5.32. The van der Waals surface area contributed by atoms with Gasteiger partial charge in [-0.1, -0.05) is 0 Å². The molecule has 2 fully saturated rings. The molecule has 2 saturated heterocycles. The highest BCUT2D eigenvalue weighted by Crippen LogP contribution is 2.19. The minimum absolute atomic E-state index is 0.0588. The molecule has 0 aromatic heterocycles. The van der Waals surface area contributed by atoms with Gasteiger partial charge in [-0.05, 0) is 18.8 Å². The largest absolute Gasteiger partial charge is 0.381 e. The van der Waals surface area contributed by atoms with Crippen molar-refractivity contribution in [3.8, 4) is 0 Å². The Balaban J connectivity index is 1.99. The van der Waals surface area contributed by atoms with Crippen molar-refractivity contribution in [2.75, 3.05) is 19.8 Å². The molecule has 0 spiro atoms. The zero-order chi connectivity index (χ0) is 9.97. The van der Waals surface area contributed by atoms with Gasteiger partial charge in [0.25, 0.3) is 0 Å². The second-order valence-corrected chi connectivity index (χ2v) is 3.71. The zero-order valence-corrected chi connectivity index (χ0v) is 7.91. The highest BCUT2D eigenvalue weighted by atomic mass is 16.5. The predicted octanol–water partition coefficient (Wildman–Crippen LogP) is -0.972. The zero-order valence-electron chi connectivity index (χ0n) is 7.91. The van der Waals surface area contributed by atoms with Crippen molar-refractivity contribution in [3.05, 3.63) is 0 Å². The van der Waals surface area contributed by atoms with Crippen molar-refractivity contribution < 1.29 is 14.3 Å². The normalized spacial score (nSPS) is 29.6. The van der Waals surface area contributed by atoms with Crippen LogP contribution in [0.2, 0.25) is 0 Å². The molecule has 1 atom stereocenters. The molecule has 0 bridgehead atoms. The summed E-state index contributed by atoms with van der Waals surface area (Å²) in [4.78, 5) is 22.6. The van der Waals surface area contributed by atoms with E-state index in [2.05, 4.69) is 10.6 Å². The van der Waals surface area contributed by atoms with E-state index in [1.54, 1.807) is 0 Å². The molecular formula is C9H14N2O3. The number of piperazine rings is 1. The Hall–Kier alpha value is -1.10. The number of amides is 2. The van der Waals surface area contributed by atoms with Gasteiger partial charge in [-0.3, -0.25) is 9.59 Å². The van der Waals surface area contributed by atoms with Crippen LogP contribution in [0.25, 0.3) is 0 Å². The number of hydrogen-bond donors (Lipinski definition) is 2. The molecule has 2 heterocycles. The van der Waals surface area contributed by atoms with Crippen LogP contribution in [0.1, 0.15) is 12.8 Å². The Labute approximate surface area is 82.2 Å². The van der Waals surface area contributed by atoms with E-state index in [0.29, 0.717) is 13.2 Å². The third-order valence-electron chi connectivity index (χ3n) is 2.76. The van der Waals surface area contributed by atoms with Gasteiger partial charge < -0.3 is 15.4 Å².